The minimum absolute atomic E-state index is 0.199. The standard InChI is InChI=1S/C26H30N2O2/c1-20-8-10-22(11-9-20)26(28-16-14-27-15-17-28)23-12-13-24(25(18-23)29-2)30-19-21-6-4-3-5-7-21/h3-13,18,26-27H,14-17,19H2,1-2H3. The molecule has 0 aromatic heterocycles. The Morgan fingerprint density at radius 2 is 1.57 bits per heavy atom. The van der Waals surface area contributed by atoms with E-state index in [1.807, 2.05) is 24.3 Å². The zero-order chi connectivity index (χ0) is 20.8. The summed E-state index contributed by atoms with van der Waals surface area (Å²) < 4.78 is 11.8. The second kappa shape index (κ2) is 9.79. The van der Waals surface area contributed by atoms with Crippen LogP contribution < -0.4 is 14.8 Å². The fraction of sp³-hybridized carbons (Fsp3) is 0.308. The Bertz CT molecular complexity index is 935. The molecule has 30 heavy (non-hydrogen) atoms. The average molecular weight is 403 g/mol. The summed E-state index contributed by atoms with van der Waals surface area (Å²) in [6.45, 7) is 6.72. The Kier molecular flexibility index (Phi) is 6.67. The van der Waals surface area contributed by atoms with Gasteiger partial charge in [-0.25, -0.2) is 0 Å². The molecule has 1 fully saturated rings. The third-order valence-electron chi connectivity index (χ3n) is 5.65. The van der Waals surface area contributed by atoms with Crippen LogP contribution in [-0.2, 0) is 6.61 Å². The van der Waals surface area contributed by atoms with Crippen LogP contribution in [0.5, 0.6) is 11.5 Å². The predicted molar refractivity (Wildman–Crippen MR) is 121 cm³/mol. The molecular formula is C26H30N2O2. The molecule has 0 amide bonds. The SMILES string of the molecule is COc1cc(C(c2ccc(C)cc2)N2CCNCC2)ccc1OCc1ccccc1. The minimum atomic E-state index is 0.199. The molecule has 4 heteroatoms. The van der Waals surface area contributed by atoms with Gasteiger partial charge < -0.3 is 14.8 Å². The van der Waals surface area contributed by atoms with E-state index in [-0.39, 0.29) is 6.04 Å². The van der Waals surface area contributed by atoms with Gasteiger partial charge in [0.05, 0.1) is 13.2 Å². The van der Waals surface area contributed by atoms with Crippen LogP contribution in [-0.4, -0.2) is 38.2 Å². The van der Waals surface area contributed by atoms with Crippen molar-refractivity contribution in [2.24, 2.45) is 0 Å². The number of hydrogen-bond donors (Lipinski definition) is 1. The highest BCUT2D eigenvalue weighted by Gasteiger charge is 2.25. The van der Waals surface area contributed by atoms with E-state index < -0.39 is 0 Å². The average Bonchev–Trinajstić information content (AvgIpc) is 2.81. The molecule has 1 aliphatic rings. The van der Waals surface area contributed by atoms with Crippen molar-refractivity contribution in [1.29, 1.82) is 0 Å². The van der Waals surface area contributed by atoms with E-state index in [4.69, 9.17) is 9.47 Å². The van der Waals surface area contributed by atoms with Crippen molar-refractivity contribution in [3.05, 3.63) is 95.1 Å². The minimum Gasteiger partial charge on any atom is -0.493 e. The van der Waals surface area contributed by atoms with Gasteiger partial charge in [0.15, 0.2) is 11.5 Å². The molecule has 4 nitrogen and oxygen atoms in total. The van der Waals surface area contributed by atoms with E-state index in [0.717, 1.165) is 43.2 Å². The van der Waals surface area contributed by atoms with E-state index >= 15 is 0 Å². The van der Waals surface area contributed by atoms with Gasteiger partial charge in [-0.2, -0.15) is 0 Å². The number of benzene rings is 3. The highest BCUT2D eigenvalue weighted by molar-refractivity contribution is 5.46. The van der Waals surface area contributed by atoms with Gasteiger partial charge >= 0.3 is 0 Å². The molecule has 3 aromatic carbocycles. The summed E-state index contributed by atoms with van der Waals surface area (Å²) >= 11 is 0. The Balaban J connectivity index is 1.62. The van der Waals surface area contributed by atoms with Crippen molar-refractivity contribution in [3.8, 4) is 11.5 Å². The summed E-state index contributed by atoms with van der Waals surface area (Å²) in [6, 6.07) is 25.6. The summed E-state index contributed by atoms with van der Waals surface area (Å²) in [7, 11) is 1.71. The van der Waals surface area contributed by atoms with E-state index in [0.29, 0.717) is 6.61 Å². The van der Waals surface area contributed by atoms with Crippen LogP contribution in [0.15, 0.2) is 72.8 Å². The first kappa shape index (κ1) is 20.5. The quantitative estimate of drug-likeness (QED) is 0.627. The zero-order valence-corrected chi connectivity index (χ0v) is 17.8. The highest BCUT2D eigenvalue weighted by atomic mass is 16.5. The highest BCUT2D eigenvalue weighted by Crippen LogP contribution is 2.36. The van der Waals surface area contributed by atoms with Crippen molar-refractivity contribution in [3.63, 3.8) is 0 Å². The number of aryl methyl sites for hydroxylation is 1. The normalized spacial score (nSPS) is 15.5. The summed E-state index contributed by atoms with van der Waals surface area (Å²) in [5.41, 5.74) is 4.95. The smallest absolute Gasteiger partial charge is 0.161 e. The number of rotatable bonds is 7. The number of hydrogen-bond acceptors (Lipinski definition) is 4. The lowest BCUT2D eigenvalue weighted by Gasteiger charge is -2.36. The van der Waals surface area contributed by atoms with Crippen LogP contribution in [0.2, 0.25) is 0 Å². The topological polar surface area (TPSA) is 33.7 Å². The van der Waals surface area contributed by atoms with E-state index in [2.05, 4.69) is 65.7 Å². The molecular weight excluding hydrogens is 372 g/mol. The Hall–Kier alpha value is -2.82. The molecule has 1 atom stereocenters. The van der Waals surface area contributed by atoms with Crippen LogP contribution >= 0.6 is 0 Å². The molecule has 0 aliphatic carbocycles. The van der Waals surface area contributed by atoms with Gasteiger partial charge in [0.2, 0.25) is 0 Å². The van der Waals surface area contributed by atoms with Gasteiger partial charge in [-0.3, -0.25) is 4.90 Å². The lowest BCUT2D eigenvalue weighted by atomic mass is 9.95. The van der Waals surface area contributed by atoms with Gasteiger partial charge in [-0.1, -0.05) is 66.2 Å². The molecule has 156 valence electrons. The van der Waals surface area contributed by atoms with Gasteiger partial charge in [0.25, 0.3) is 0 Å². The molecule has 0 radical (unpaired) electrons. The molecule has 1 aliphatic heterocycles. The fourth-order valence-corrected chi connectivity index (χ4v) is 4.01. The maximum atomic E-state index is 6.07. The molecule has 1 saturated heterocycles. The van der Waals surface area contributed by atoms with Crippen LogP contribution in [0, 0.1) is 6.92 Å². The van der Waals surface area contributed by atoms with Crippen LogP contribution in [0.4, 0.5) is 0 Å². The van der Waals surface area contributed by atoms with Gasteiger partial charge in [0, 0.05) is 26.2 Å². The van der Waals surface area contributed by atoms with Crippen molar-refractivity contribution in [2.45, 2.75) is 19.6 Å². The zero-order valence-electron chi connectivity index (χ0n) is 17.8. The summed E-state index contributed by atoms with van der Waals surface area (Å²) in [5, 5.41) is 3.46. The molecule has 1 unspecified atom stereocenters. The fourth-order valence-electron chi connectivity index (χ4n) is 4.01. The van der Waals surface area contributed by atoms with E-state index in [1.165, 1.54) is 16.7 Å². The first-order chi connectivity index (χ1) is 14.7. The molecule has 1 N–H and O–H groups in total. The molecule has 4 rings (SSSR count). The Morgan fingerprint density at radius 1 is 0.867 bits per heavy atom. The maximum absolute atomic E-state index is 6.07. The monoisotopic (exact) mass is 402 g/mol. The number of piperazine rings is 1. The lowest BCUT2D eigenvalue weighted by molar-refractivity contribution is 0.198. The van der Waals surface area contributed by atoms with Crippen LogP contribution in [0.1, 0.15) is 28.3 Å². The Morgan fingerprint density at radius 3 is 2.27 bits per heavy atom. The molecule has 3 aromatic rings. The van der Waals surface area contributed by atoms with Crippen molar-refractivity contribution < 1.29 is 9.47 Å². The van der Waals surface area contributed by atoms with E-state index in [1.54, 1.807) is 7.11 Å². The molecule has 0 saturated carbocycles. The van der Waals surface area contributed by atoms with Crippen molar-refractivity contribution in [2.75, 3.05) is 33.3 Å². The first-order valence-electron chi connectivity index (χ1n) is 10.6. The van der Waals surface area contributed by atoms with Gasteiger partial charge in [-0.15, -0.1) is 0 Å². The second-order valence-corrected chi connectivity index (χ2v) is 7.78. The molecule has 0 spiro atoms. The van der Waals surface area contributed by atoms with E-state index in [9.17, 15) is 0 Å². The maximum Gasteiger partial charge on any atom is 0.161 e. The number of nitrogens with zero attached hydrogens (tertiary/aromatic N) is 1. The van der Waals surface area contributed by atoms with Gasteiger partial charge in [-0.05, 0) is 35.7 Å². The number of methoxy groups -OCH3 is 1. The van der Waals surface area contributed by atoms with Crippen LogP contribution in [0.3, 0.4) is 0 Å². The third kappa shape index (κ3) is 4.84. The van der Waals surface area contributed by atoms with Crippen molar-refractivity contribution >= 4 is 0 Å². The largest absolute Gasteiger partial charge is 0.493 e. The number of nitrogens with one attached hydrogen (secondary N) is 1. The summed E-state index contributed by atoms with van der Waals surface area (Å²) in [5.74, 6) is 1.55. The summed E-state index contributed by atoms with van der Waals surface area (Å²) in [4.78, 5) is 2.54. The lowest BCUT2D eigenvalue weighted by Crippen LogP contribution is -2.45. The van der Waals surface area contributed by atoms with Crippen LogP contribution in [0.25, 0.3) is 0 Å². The first-order valence-corrected chi connectivity index (χ1v) is 10.6. The summed E-state index contributed by atoms with van der Waals surface area (Å²) in [6.07, 6.45) is 0. The van der Waals surface area contributed by atoms with Gasteiger partial charge in [0.1, 0.15) is 6.61 Å². The third-order valence-corrected chi connectivity index (χ3v) is 5.65. The Labute approximate surface area is 179 Å². The molecule has 1 heterocycles. The van der Waals surface area contributed by atoms with Crippen molar-refractivity contribution in [1.82, 2.24) is 10.2 Å². The predicted octanol–water partition coefficient (Wildman–Crippen LogP) is 4.58. The number of ether oxygens (including phenoxy) is 2. The molecule has 0 bridgehead atoms. The second-order valence-electron chi connectivity index (χ2n) is 7.78.